The Labute approximate surface area is 74.7 Å². The molecule has 0 atom stereocenters. The van der Waals surface area contributed by atoms with Crippen molar-refractivity contribution in [2.24, 2.45) is 22.9 Å². The van der Waals surface area contributed by atoms with Gasteiger partial charge in [0.2, 0.25) is 0 Å². The van der Waals surface area contributed by atoms with Crippen molar-refractivity contribution in [1.29, 1.82) is 0 Å². The summed E-state index contributed by atoms with van der Waals surface area (Å²) in [4.78, 5) is 0. The lowest BCUT2D eigenvalue weighted by Gasteiger charge is -2.24. The summed E-state index contributed by atoms with van der Waals surface area (Å²) in [5.41, 5.74) is 21.9. The topological polar surface area (TPSA) is 104 Å². The van der Waals surface area contributed by atoms with E-state index in [0.717, 1.165) is 32.1 Å². The van der Waals surface area contributed by atoms with Crippen molar-refractivity contribution in [2.45, 2.75) is 50.9 Å². The van der Waals surface area contributed by atoms with E-state index in [4.69, 9.17) is 22.9 Å². The molecule has 0 aliphatic carbocycles. The Hall–Kier alpha value is -0.160. The van der Waals surface area contributed by atoms with Gasteiger partial charge in [-0.05, 0) is 25.7 Å². The van der Waals surface area contributed by atoms with Crippen LogP contribution >= 0.6 is 0 Å². The minimum absolute atomic E-state index is 0.234. The van der Waals surface area contributed by atoms with E-state index < -0.39 is 5.66 Å². The van der Waals surface area contributed by atoms with Crippen LogP contribution in [-0.4, -0.2) is 11.8 Å². The van der Waals surface area contributed by atoms with Crippen molar-refractivity contribution in [2.75, 3.05) is 0 Å². The van der Waals surface area contributed by atoms with Crippen LogP contribution in [0, 0.1) is 0 Å². The van der Waals surface area contributed by atoms with Gasteiger partial charge in [0.25, 0.3) is 0 Å². The Morgan fingerprint density at radius 1 is 1.17 bits per heavy atom. The molecule has 0 aromatic rings. The zero-order chi connectivity index (χ0) is 9.61. The molecule has 0 saturated heterocycles. The molecule has 8 N–H and O–H groups in total. The molecule has 0 spiro atoms. The molecule has 0 aromatic carbocycles. The molecule has 4 heteroatoms. The summed E-state index contributed by atoms with van der Waals surface area (Å²) in [5.74, 6) is 0. The summed E-state index contributed by atoms with van der Waals surface area (Å²) in [5, 5.41) is 0. The van der Waals surface area contributed by atoms with Gasteiger partial charge in [-0.25, -0.2) is 0 Å². The lowest BCUT2D eigenvalue weighted by Crippen LogP contribution is -2.49. The van der Waals surface area contributed by atoms with E-state index >= 15 is 0 Å². The predicted octanol–water partition coefficient (Wildman–Crippen LogP) is -0.186. The average Bonchev–Trinajstić information content (AvgIpc) is 1.85. The van der Waals surface area contributed by atoms with Gasteiger partial charge in [-0.1, -0.05) is 13.3 Å². The molecular formula is C8H22N4. The monoisotopic (exact) mass is 174 g/mol. The van der Waals surface area contributed by atoms with E-state index in [-0.39, 0.29) is 6.17 Å². The fraction of sp³-hybridized carbons (Fsp3) is 1.00. The minimum Gasteiger partial charge on any atom is -0.316 e. The summed E-state index contributed by atoms with van der Waals surface area (Å²) in [6.45, 7) is 2.07. The van der Waals surface area contributed by atoms with Crippen molar-refractivity contribution >= 4 is 0 Å². The van der Waals surface area contributed by atoms with Gasteiger partial charge in [0.15, 0.2) is 0 Å². The van der Waals surface area contributed by atoms with Gasteiger partial charge in [0.05, 0.1) is 11.8 Å². The molecule has 0 fully saturated rings. The molecule has 0 amide bonds. The maximum atomic E-state index is 5.81. The molecule has 0 heterocycles. The minimum atomic E-state index is -0.524. The maximum Gasteiger partial charge on any atom is 0.0636 e. The summed E-state index contributed by atoms with van der Waals surface area (Å²) in [7, 11) is 0. The molecule has 0 bridgehead atoms. The van der Waals surface area contributed by atoms with E-state index in [1.165, 1.54) is 0 Å². The second kappa shape index (κ2) is 5.48. The average molecular weight is 174 g/mol. The van der Waals surface area contributed by atoms with E-state index in [0.29, 0.717) is 0 Å². The van der Waals surface area contributed by atoms with Crippen LogP contribution in [0.5, 0.6) is 0 Å². The van der Waals surface area contributed by atoms with E-state index in [9.17, 15) is 0 Å². The molecule has 0 aromatic heterocycles. The third-order valence-electron chi connectivity index (χ3n) is 1.90. The molecule has 4 nitrogen and oxygen atoms in total. The summed E-state index contributed by atoms with van der Waals surface area (Å²) < 4.78 is 0. The van der Waals surface area contributed by atoms with E-state index in [1.807, 2.05) is 0 Å². The normalized spacial score (nSPS) is 12.5. The summed E-state index contributed by atoms with van der Waals surface area (Å²) in [6, 6.07) is 0. The second-order valence-corrected chi connectivity index (χ2v) is 3.54. The molecule has 0 unspecified atom stereocenters. The van der Waals surface area contributed by atoms with Crippen LogP contribution in [0.25, 0.3) is 0 Å². The molecule has 0 saturated carbocycles. The molecule has 0 radical (unpaired) electrons. The molecule has 0 aliphatic heterocycles. The fourth-order valence-electron chi connectivity index (χ4n) is 1.26. The van der Waals surface area contributed by atoms with Crippen molar-refractivity contribution in [3.63, 3.8) is 0 Å². The quantitative estimate of drug-likeness (QED) is 0.419. The highest BCUT2D eigenvalue weighted by Gasteiger charge is 2.16. The van der Waals surface area contributed by atoms with Crippen LogP contribution in [0.2, 0.25) is 0 Å². The number of hydrogen-bond donors (Lipinski definition) is 4. The first-order valence-corrected chi connectivity index (χ1v) is 4.57. The highest BCUT2D eigenvalue weighted by molar-refractivity contribution is 4.76. The fourth-order valence-corrected chi connectivity index (χ4v) is 1.26. The van der Waals surface area contributed by atoms with Crippen LogP contribution in [0.3, 0.4) is 0 Å². The van der Waals surface area contributed by atoms with Crippen molar-refractivity contribution in [3.05, 3.63) is 0 Å². The highest BCUT2D eigenvalue weighted by Crippen LogP contribution is 2.11. The Kier molecular flexibility index (Phi) is 5.41. The van der Waals surface area contributed by atoms with E-state index in [1.54, 1.807) is 0 Å². The number of rotatable bonds is 6. The first kappa shape index (κ1) is 11.8. The third-order valence-corrected chi connectivity index (χ3v) is 1.90. The Balaban J connectivity index is 3.46. The van der Waals surface area contributed by atoms with Crippen LogP contribution < -0.4 is 22.9 Å². The smallest absolute Gasteiger partial charge is 0.0636 e. The lowest BCUT2D eigenvalue weighted by molar-refractivity contribution is 0.354. The Bertz CT molecular complexity index is 112. The Morgan fingerprint density at radius 3 is 2.17 bits per heavy atom. The maximum absolute atomic E-state index is 5.81. The standard InChI is InChI=1S/C8H22N4/c1-2-5-8(11,12)6-3-4-7(9)10/h7H,2-6,9-12H2,1H3. The van der Waals surface area contributed by atoms with Gasteiger partial charge in [0, 0.05) is 0 Å². The third kappa shape index (κ3) is 6.54. The summed E-state index contributed by atoms with van der Waals surface area (Å²) in [6.07, 6.45) is 4.13. The van der Waals surface area contributed by atoms with Crippen LogP contribution in [0.1, 0.15) is 39.0 Å². The second-order valence-electron chi connectivity index (χ2n) is 3.54. The van der Waals surface area contributed by atoms with Gasteiger partial charge in [-0.15, -0.1) is 0 Å². The predicted molar refractivity (Wildman–Crippen MR) is 52.0 cm³/mol. The van der Waals surface area contributed by atoms with Gasteiger partial charge >= 0.3 is 0 Å². The SMILES string of the molecule is CCCC(N)(N)CCCC(N)N. The summed E-state index contributed by atoms with van der Waals surface area (Å²) >= 11 is 0. The zero-order valence-electron chi connectivity index (χ0n) is 7.92. The van der Waals surface area contributed by atoms with Gasteiger partial charge in [0.1, 0.15) is 0 Å². The van der Waals surface area contributed by atoms with Gasteiger partial charge in [-0.2, -0.15) is 0 Å². The Morgan fingerprint density at radius 2 is 1.75 bits per heavy atom. The molecule has 0 rings (SSSR count). The van der Waals surface area contributed by atoms with Crippen molar-refractivity contribution in [3.8, 4) is 0 Å². The number of hydrogen-bond acceptors (Lipinski definition) is 4. The molecular weight excluding hydrogens is 152 g/mol. The van der Waals surface area contributed by atoms with Gasteiger partial charge in [-0.3, -0.25) is 0 Å². The first-order chi connectivity index (χ1) is 5.48. The van der Waals surface area contributed by atoms with E-state index in [2.05, 4.69) is 6.92 Å². The van der Waals surface area contributed by atoms with Crippen molar-refractivity contribution in [1.82, 2.24) is 0 Å². The zero-order valence-corrected chi connectivity index (χ0v) is 7.92. The molecule has 74 valence electrons. The van der Waals surface area contributed by atoms with Crippen LogP contribution in [0.4, 0.5) is 0 Å². The number of nitrogens with two attached hydrogens (primary N) is 4. The van der Waals surface area contributed by atoms with Crippen LogP contribution in [0.15, 0.2) is 0 Å². The van der Waals surface area contributed by atoms with Crippen LogP contribution in [-0.2, 0) is 0 Å². The molecule has 0 aliphatic rings. The highest BCUT2D eigenvalue weighted by atomic mass is 14.9. The first-order valence-electron chi connectivity index (χ1n) is 4.57. The molecule has 12 heavy (non-hydrogen) atoms. The largest absolute Gasteiger partial charge is 0.316 e. The van der Waals surface area contributed by atoms with Gasteiger partial charge < -0.3 is 22.9 Å². The van der Waals surface area contributed by atoms with Crippen molar-refractivity contribution < 1.29 is 0 Å². The lowest BCUT2D eigenvalue weighted by atomic mass is 9.99.